The first kappa shape index (κ1) is 21.4. The quantitative estimate of drug-likeness (QED) is 0.736. The molecule has 0 aromatic heterocycles. The van der Waals surface area contributed by atoms with Gasteiger partial charge in [0.15, 0.2) is 11.7 Å². The van der Waals surface area contributed by atoms with E-state index in [0.29, 0.717) is 11.5 Å². The van der Waals surface area contributed by atoms with Gasteiger partial charge in [-0.3, -0.25) is 4.79 Å². The Morgan fingerprint density at radius 3 is 2.47 bits per heavy atom. The monoisotopic (exact) mass is 429 g/mol. The molecule has 0 atom stereocenters. The normalized spacial score (nSPS) is 21.6. The van der Waals surface area contributed by atoms with Crippen molar-refractivity contribution >= 4 is 23.2 Å². The van der Waals surface area contributed by atoms with E-state index in [4.69, 9.17) is 17.0 Å². The lowest BCUT2D eigenvalue weighted by atomic mass is 9.78. The number of hydrogen-bond acceptors (Lipinski definition) is 3. The average Bonchev–Trinajstić information content (AvgIpc) is 3.18. The number of nitrogens with zero attached hydrogens (tertiary/aromatic N) is 2. The smallest absolute Gasteiger partial charge is 0.260 e. The minimum absolute atomic E-state index is 0.0949. The Balaban J connectivity index is 1.22. The summed E-state index contributed by atoms with van der Waals surface area (Å²) in [5, 5.41) is 4.57. The predicted molar refractivity (Wildman–Crippen MR) is 124 cm³/mol. The van der Waals surface area contributed by atoms with Crippen LogP contribution in [0.1, 0.15) is 56.9 Å². The molecule has 1 aromatic carbocycles. The fourth-order valence-electron chi connectivity index (χ4n) is 5.21. The number of para-hydroxylation sites is 1. The van der Waals surface area contributed by atoms with E-state index >= 15 is 0 Å². The first-order valence-electron chi connectivity index (χ1n) is 11.6. The van der Waals surface area contributed by atoms with Crippen LogP contribution in [-0.2, 0) is 4.79 Å². The lowest BCUT2D eigenvalue weighted by molar-refractivity contribution is -0.135. The summed E-state index contributed by atoms with van der Waals surface area (Å²) in [6, 6.07) is 8.41. The van der Waals surface area contributed by atoms with Crippen LogP contribution in [0.2, 0.25) is 0 Å². The Kier molecular flexibility index (Phi) is 6.81. The Morgan fingerprint density at radius 1 is 1.10 bits per heavy atom. The van der Waals surface area contributed by atoms with E-state index in [9.17, 15) is 4.79 Å². The average molecular weight is 430 g/mol. The van der Waals surface area contributed by atoms with E-state index in [0.717, 1.165) is 55.4 Å². The summed E-state index contributed by atoms with van der Waals surface area (Å²) in [7, 11) is 0. The third-order valence-corrected chi connectivity index (χ3v) is 7.66. The SMILES string of the molecule is Cc1ccccc1OCC(=O)N1CCC2(CC1)CCN(C(=S)NC1CCCCC1)C2. The van der Waals surface area contributed by atoms with Crippen LogP contribution in [0, 0.1) is 12.3 Å². The van der Waals surface area contributed by atoms with E-state index in [1.165, 1.54) is 38.5 Å². The molecule has 30 heavy (non-hydrogen) atoms. The Bertz CT molecular complexity index is 755. The topological polar surface area (TPSA) is 44.8 Å². The molecule has 2 saturated heterocycles. The molecule has 0 radical (unpaired) electrons. The number of thiocarbonyl (C=S) groups is 1. The summed E-state index contributed by atoms with van der Waals surface area (Å²) in [4.78, 5) is 17.0. The summed E-state index contributed by atoms with van der Waals surface area (Å²) in [6.45, 7) is 5.86. The van der Waals surface area contributed by atoms with Gasteiger partial charge in [-0.25, -0.2) is 0 Å². The van der Waals surface area contributed by atoms with Crippen molar-refractivity contribution in [3.63, 3.8) is 0 Å². The second-order valence-corrected chi connectivity index (χ2v) is 9.78. The van der Waals surface area contributed by atoms with Crippen LogP contribution in [0.5, 0.6) is 5.75 Å². The summed E-state index contributed by atoms with van der Waals surface area (Å²) >= 11 is 5.74. The van der Waals surface area contributed by atoms with Crippen molar-refractivity contribution in [2.45, 2.75) is 64.3 Å². The fraction of sp³-hybridized carbons (Fsp3) is 0.667. The van der Waals surface area contributed by atoms with Crippen LogP contribution >= 0.6 is 12.2 Å². The largest absolute Gasteiger partial charge is 0.484 e. The minimum atomic E-state index is 0.0949. The molecule has 0 unspecified atom stereocenters. The molecule has 3 fully saturated rings. The van der Waals surface area contributed by atoms with Crippen LogP contribution < -0.4 is 10.1 Å². The van der Waals surface area contributed by atoms with Gasteiger partial charge in [0.2, 0.25) is 0 Å². The summed E-state index contributed by atoms with van der Waals surface area (Å²) in [5.74, 6) is 0.891. The van der Waals surface area contributed by atoms with Crippen molar-refractivity contribution in [1.82, 2.24) is 15.1 Å². The van der Waals surface area contributed by atoms with Gasteiger partial charge in [-0.2, -0.15) is 0 Å². The highest BCUT2D eigenvalue weighted by molar-refractivity contribution is 7.80. The number of likely N-dealkylation sites (tertiary alicyclic amines) is 2. The molecule has 4 rings (SSSR count). The molecule has 3 aliphatic rings. The zero-order chi connectivity index (χ0) is 21.0. The molecule has 1 N–H and O–H groups in total. The molecule has 1 saturated carbocycles. The van der Waals surface area contributed by atoms with Gasteiger partial charge < -0.3 is 19.9 Å². The maximum atomic E-state index is 12.6. The van der Waals surface area contributed by atoms with Crippen LogP contribution in [0.3, 0.4) is 0 Å². The maximum Gasteiger partial charge on any atom is 0.260 e. The van der Waals surface area contributed by atoms with Crippen LogP contribution in [0.15, 0.2) is 24.3 Å². The molecule has 1 aliphatic carbocycles. The highest BCUT2D eigenvalue weighted by atomic mass is 32.1. The second-order valence-electron chi connectivity index (χ2n) is 9.39. The Morgan fingerprint density at radius 2 is 1.77 bits per heavy atom. The summed E-state index contributed by atoms with van der Waals surface area (Å²) in [6.07, 6.45) is 9.81. The first-order chi connectivity index (χ1) is 14.5. The van der Waals surface area contributed by atoms with Gasteiger partial charge in [0.1, 0.15) is 5.75 Å². The van der Waals surface area contributed by atoms with E-state index in [2.05, 4.69) is 10.2 Å². The molecule has 1 amide bonds. The van der Waals surface area contributed by atoms with Crippen molar-refractivity contribution < 1.29 is 9.53 Å². The van der Waals surface area contributed by atoms with Crippen molar-refractivity contribution in [2.24, 2.45) is 5.41 Å². The number of piperidine rings is 1. The minimum Gasteiger partial charge on any atom is -0.484 e. The van der Waals surface area contributed by atoms with Crippen molar-refractivity contribution in [3.8, 4) is 5.75 Å². The van der Waals surface area contributed by atoms with E-state index < -0.39 is 0 Å². The molecule has 2 aliphatic heterocycles. The zero-order valence-corrected chi connectivity index (χ0v) is 19.0. The number of carbonyl (C=O) groups is 1. The van der Waals surface area contributed by atoms with Gasteiger partial charge in [0, 0.05) is 32.2 Å². The van der Waals surface area contributed by atoms with Gasteiger partial charge >= 0.3 is 0 Å². The molecular weight excluding hydrogens is 394 g/mol. The van der Waals surface area contributed by atoms with E-state index in [-0.39, 0.29) is 12.5 Å². The third kappa shape index (κ3) is 5.08. The molecule has 6 heteroatoms. The molecule has 1 aromatic rings. The summed E-state index contributed by atoms with van der Waals surface area (Å²) < 4.78 is 5.76. The second kappa shape index (κ2) is 9.54. The van der Waals surface area contributed by atoms with Gasteiger partial charge in [-0.05, 0) is 68.3 Å². The van der Waals surface area contributed by atoms with Crippen LogP contribution in [-0.4, -0.2) is 59.6 Å². The fourth-order valence-corrected chi connectivity index (χ4v) is 5.53. The maximum absolute atomic E-state index is 12.6. The third-order valence-electron chi connectivity index (χ3n) is 7.28. The van der Waals surface area contributed by atoms with Gasteiger partial charge in [0.05, 0.1) is 0 Å². The van der Waals surface area contributed by atoms with E-state index in [1.807, 2.05) is 36.1 Å². The molecular formula is C24H35N3O2S. The molecule has 1 spiro atoms. The number of amides is 1. The van der Waals surface area contributed by atoms with E-state index in [1.54, 1.807) is 0 Å². The van der Waals surface area contributed by atoms with Gasteiger partial charge in [0.25, 0.3) is 5.91 Å². The van der Waals surface area contributed by atoms with Crippen molar-refractivity contribution in [2.75, 3.05) is 32.8 Å². The van der Waals surface area contributed by atoms with Crippen molar-refractivity contribution in [3.05, 3.63) is 29.8 Å². The highest BCUT2D eigenvalue weighted by Crippen LogP contribution is 2.40. The number of carbonyl (C=O) groups excluding carboxylic acids is 1. The first-order valence-corrected chi connectivity index (χ1v) is 12.0. The number of rotatable bonds is 4. The standard InChI is InChI=1S/C24H35N3O2S/c1-19-7-5-6-10-21(19)29-17-22(28)26-14-11-24(12-15-26)13-16-27(18-24)23(30)25-20-8-3-2-4-9-20/h5-7,10,20H,2-4,8-9,11-18H2,1H3,(H,25,30). The van der Waals surface area contributed by atoms with Crippen LogP contribution in [0.4, 0.5) is 0 Å². The number of nitrogens with one attached hydrogen (secondary N) is 1. The Hall–Kier alpha value is -1.82. The Labute approximate surface area is 186 Å². The molecule has 0 bridgehead atoms. The van der Waals surface area contributed by atoms with Gasteiger partial charge in [-0.1, -0.05) is 37.5 Å². The zero-order valence-electron chi connectivity index (χ0n) is 18.2. The molecule has 2 heterocycles. The van der Waals surface area contributed by atoms with Gasteiger partial charge in [-0.15, -0.1) is 0 Å². The number of ether oxygens (including phenoxy) is 1. The lowest BCUT2D eigenvalue weighted by Gasteiger charge is -2.39. The number of benzene rings is 1. The van der Waals surface area contributed by atoms with Crippen LogP contribution in [0.25, 0.3) is 0 Å². The predicted octanol–water partition coefficient (Wildman–Crippen LogP) is 3.90. The summed E-state index contributed by atoms with van der Waals surface area (Å²) in [5.41, 5.74) is 1.37. The number of hydrogen-bond donors (Lipinski definition) is 1. The number of aryl methyl sites for hydroxylation is 1. The molecule has 164 valence electrons. The highest BCUT2D eigenvalue weighted by Gasteiger charge is 2.42. The molecule has 5 nitrogen and oxygen atoms in total. The lowest BCUT2D eigenvalue weighted by Crippen LogP contribution is -2.48. The van der Waals surface area contributed by atoms with Crippen molar-refractivity contribution in [1.29, 1.82) is 0 Å².